The number of fused-ring (bicyclic) bond motifs is 5. The minimum Gasteiger partial charge on any atom is -0.348 e. The van der Waals surface area contributed by atoms with Crippen molar-refractivity contribution in [3.63, 3.8) is 0 Å². The Balaban J connectivity index is 1.85. The summed E-state index contributed by atoms with van der Waals surface area (Å²) in [4.78, 5) is 7.76. The summed E-state index contributed by atoms with van der Waals surface area (Å²) in [5.41, 5.74) is 7.34. The highest BCUT2D eigenvalue weighted by Gasteiger charge is 2.57. The standard InChI is InChI=1S/C20H18N2/c1-13-15-7-4-5-9-17(15)19-16-8-3-2-6-14(16)10-20(13,19)18-11-21-12-22-18/h2-9,11-13,19H,10H2,1H3,(H,21,22). The van der Waals surface area contributed by atoms with E-state index in [0.717, 1.165) is 6.42 Å². The Morgan fingerprint density at radius 2 is 1.73 bits per heavy atom. The van der Waals surface area contributed by atoms with Gasteiger partial charge in [-0.05, 0) is 34.6 Å². The molecular weight excluding hydrogens is 268 g/mol. The molecule has 0 amide bonds. The van der Waals surface area contributed by atoms with E-state index in [1.807, 2.05) is 12.5 Å². The lowest BCUT2D eigenvalue weighted by Crippen LogP contribution is -2.32. The molecule has 2 aromatic carbocycles. The van der Waals surface area contributed by atoms with Crippen molar-refractivity contribution in [2.45, 2.75) is 30.6 Å². The van der Waals surface area contributed by atoms with E-state index in [-0.39, 0.29) is 5.41 Å². The van der Waals surface area contributed by atoms with Gasteiger partial charge in [0.05, 0.1) is 6.33 Å². The summed E-state index contributed by atoms with van der Waals surface area (Å²) in [6, 6.07) is 17.9. The molecule has 3 atom stereocenters. The van der Waals surface area contributed by atoms with Crippen molar-refractivity contribution in [2.24, 2.45) is 0 Å². The van der Waals surface area contributed by atoms with Gasteiger partial charge in [0.2, 0.25) is 0 Å². The van der Waals surface area contributed by atoms with Crippen molar-refractivity contribution >= 4 is 0 Å². The zero-order chi connectivity index (χ0) is 14.7. The molecule has 2 nitrogen and oxygen atoms in total. The highest BCUT2D eigenvalue weighted by Crippen LogP contribution is 2.63. The molecule has 0 radical (unpaired) electrons. The fourth-order valence-corrected chi connectivity index (χ4v) is 4.96. The first kappa shape index (κ1) is 12.2. The lowest BCUT2D eigenvalue weighted by atomic mass is 9.69. The molecule has 2 aliphatic rings. The van der Waals surface area contributed by atoms with Crippen LogP contribution in [0.1, 0.15) is 46.7 Å². The van der Waals surface area contributed by atoms with Gasteiger partial charge in [-0.2, -0.15) is 0 Å². The Morgan fingerprint density at radius 1 is 1.00 bits per heavy atom. The maximum Gasteiger partial charge on any atom is 0.0921 e. The largest absolute Gasteiger partial charge is 0.348 e. The van der Waals surface area contributed by atoms with Crippen LogP contribution in [0, 0.1) is 0 Å². The van der Waals surface area contributed by atoms with Crippen LogP contribution in [0.3, 0.4) is 0 Å². The van der Waals surface area contributed by atoms with Crippen LogP contribution in [0.25, 0.3) is 0 Å². The van der Waals surface area contributed by atoms with Crippen LogP contribution in [0.4, 0.5) is 0 Å². The van der Waals surface area contributed by atoms with E-state index in [1.54, 1.807) is 0 Å². The minimum absolute atomic E-state index is 0.0872. The predicted molar refractivity (Wildman–Crippen MR) is 87.1 cm³/mol. The van der Waals surface area contributed by atoms with Crippen molar-refractivity contribution < 1.29 is 0 Å². The van der Waals surface area contributed by atoms with Crippen molar-refractivity contribution in [3.8, 4) is 0 Å². The number of nitrogens with one attached hydrogen (secondary N) is 1. The zero-order valence-electron chi connectivity index (χ0n) is 12.6. The van der Waals surface area contributed by atoms with E-state index in [9.17, 15) is 0 Å². The number of imidazole rings is 1. The van der Waals surface area contributed by atoms with E-state index in [0.29, 0.717) is 11.8 Å². The van der Waals surface area contributed by atoms with Gasteiger partial charge < -0.3 is 4.98 Å². The van der Waals surface area contributed by atoms with E-state index >= 15 is 0 Å². The van der Waals surface area contributed by atoms with Crippen LogP contribution < -0.4 is 0 Å². The second-order valence-electron chi connectivity index (χ2n) is 6.66. The average molecular weight is 286 g/mol. The second-order valence-corrected chi connectivity index (χ2v) is 6.66. The number of hydrogen-bond donors (Lipinski definition) is 1. The van der Waals surface area contributed by atoms with Crippen LogP contribution in [0.2, 0.25) is 0 Å². The molecule has 0 fully saturated rings. The summed E-state index contributed by atoms with van der Waals surface area (Å²) in [6.45, 7) is 2.38. The van der Waals surface area contributed by atoms with Gasteiger partial charge in [-0.1, -0.05) is 55.5 Å². The lowest BCUT2D eigenvalue weighted by Gasteiger charge is -2.33. The van der Waals surface area contributed by atoms with E-state index in [2.05, 4.69) is 65.4 Å². The highest BCUT2D eigenvalue weighted by atomic mass is 14.9. The first-order chi connectivity index (χ1) is 10.8. The molecule has 0 spiro atoms. The molecule has 2 aliphatic carbocycles. The molecular formula is C20H18N2. The Kier molecular flexibility index (Phi) is 2.28. The number of H-pyrrole nitrogens is 1. The van der Waals surface area contributed by atoms with E-state index < -0.39 is 0 Å². The molecule has 0 aliphatic heterocycles. The molecule has 0 saturated heterocycles. The maximum absolute atomic E-state index is 4.33. The number of benzene rings is 2. The first-order valence-corrected chi connectivity index (χ1v) is 7.98. The fraction of sp³-hybridized carbons (Fsp3) is 0.250. The van der Waals surface area contributed by atoms with Gasteiger partial charge in [0, 0.05) is 23.2 Å². The number of hydrogen-bond acceptors (Lipinski definition) is 1. The molecule has 5 rings (SSSR count). The molecule has 108 valence electrons. The van der Waals surface area contributed by atoms with Crippen LogP contribution in [0.5, 0.6) is 0 Å². The second kappa shape index (κ2) is 4.10. The summed E-state index contributed by atoms with van der Waals surface area (Å²) < 4.78 is 0. The molecule has 3 aromatic rings. The molecule has 1 aromatic heterocycles. The Morgan fingerprint density at radius 3 is 2.50 bits per heavy atom. The topological polar surface area (TPSA) is 28.7 Å². The van der Waals surface area contributed by atoms with Gasteiger partial charge in [-0.25, -0.2) is 4.98 Å². The third-order valence-electron chi connectivity index (χ3n) is 5.91. The van der Waals surface area contributed by atoms with Gasteiger partial charge in [0.15, 0.2) is 0 Å². The van der Waals surface area contributed by atoms with Gasteiger partial charge in [0.25, 0.3) is 0 Å². The third kappa shape index (κ3) is 1.29. The predicted octanol–water partition coefficient (Wildman–Crippen LogP) is 4.15. The van der Waals surface area contributed by atoms with Gasteiger partial charge in [0.1, 0.15) is 0 Å². The Hall–Kier alpha value is -2.35. The number of aromatic nitrogens is 2. The number of nitrogens with zero attached hydrogens (tertiary/aromatic N) is 1. The van der Waals surface area contributed by atoms with Crippen LogP contribution in [-0.2, 0) is 11.8 Å². The molecule has 2 heteroatoms. The Labute approximate surface area is 130 Å². The molecule has 22 heavy (non-hydrogen) atoms. The molecule has 3 unspecified atom stereocenters. The normalized spacial score (nSPS) is 28.2. The monoisotopic (exact) mass is 286 g/mol. The van der Waals surface area contributed by atoms with Crippen molar-refractivity contribution in [3.05, 3.63) is 89.0 Å². The highest BCUT2D eigenvalue weighted by molar-refractivity contribution is 5.59. The Bertz CT molecular complexity index is 850. The van der Waals surface area contributed by atoms with Gasteiger partial charge >= 0.3 is 0 Å². The fourth-order valence-electron chi connectivity index (χ4n) is 4.96. The van der Waals surface area contributed by atoms with Gasteiger partial charge in [-0.3, -0.25) is 0 Å². The lowest BCUT2D eigenvalue weighted by molar-refractivity contribution is 0.366. The van der Waals surface area contributed by atoms with Crippen molar-refractivity contribution in [1.82, 2.24) is 9.97 Å². The quantitative estimate of drug-likeness (QED) is 0.715. The van der Waals surface area contributed by atoms with Crippen LogP contribution in [-0.4, -0.2) is 9.97 Å². The zero-order valence-corrected chi connectivity index (χ0v) is 12.6. The van der Waals surface area contributed by atoms with Crippen molar-refractivity contribution in [2.75, 3.05) is 0 Å². The summed E-state index contributed by atoms with van der Waals surface area (Å²) in [7, 11) is 0. The molecule has 0 saturated carbocycles. The number of rotatable bonds is 1. The van der Waals surface area contributed by atoms with E-state index in [1.165, 1.54) is 27.9 Å². The molecule has 1 N–H and O–H groups in total. The SMILES string of the molecule is CC1c2ccccc2C2c3ccccc3CC12c1cnc[nH]1. The minimum atomic E-state index is 0.0872. The first-order valence-electron chi connectivity index (χ1n) is 7.98. The smallest absolute Gasteiger partial charge is 0.0921 e. The third-order valence-corrected chi connectivity index (χ3v) is 5.91. The van der Waals surface area contributed by atoms with E-state index in [4.69, 9.17) is 0 Å². The summed E-state index contributed by atoms with van der Waals surface area (Å²) in [6.07, 6.45) is 4.94. The summed E-state index contributed by atoms with van der Waals surface area (Å²) >= 11 is 0. The van der Waals surface area contributed by atoms with Gasteiger partial charge in [-0.15, -0.1) is 0 Å². The molecule has 1 heterocycles. The average Bonchev–Trinajstić information content (AvgIpc) is 3.24. The van der Waals surface area contributed by atoms with Crippen LogP contribution in [0.15, 0.2) is 61.1 Å². The van der Waals surface area contributed by atoms with Crippen molar-refractivity contribution in [1.29, 1.82) is 0 Å². The van der Waals surface area contributed by atoms with Crippen LogP contribution >= 0.6 is 0 Å². The maximum atomic E-state index is 4.33. The number of aromatic amines is 1. The summed E-state index contributed by atoms with van der Waals surface area (Å²) in [5, 5.41) is 0. The molecule has 0 bridgehead atoms. The summed E-state index contributed by atoms with van der Waals surface area (Å²) in [5.74, 6) is 0.928.